The molecule has 1 aromatic carbocycles. The molecule has 4 heteroatoms. The van der Waals surface area contributed by atoms with Crippen LogP contribution in [0.5, 0.6) is 0 Å². The fourth-order valence-corrected chi connectivity index (χ4v) is 1.23. The van der Waals surface area contributed by atoms with Gasteiger partial charge in [0.25, 0.3) is 0 Å². The Morgan fingerprint density at radius 3 is 2.80 bits per heavy atom. The molecule has 1 rings (SSSR count). The molecule has 0 aromatic heterocycles. The van der Waals surface area contributed by atoms with Crippen molar-refractivity contribution in [1.82, 2.24) is 0 Å². The van der Waals surface area contributed by atoms with E-state index in [1.807, 2.05) is 25.1 Å². The zero-order valence-electron chi connectivity index (χ0n) is 8.57. The summed E-state index contributed by atoms with van der Waals surface area (Å²) >= 11 is 5.90. The minimum absolute atomic E-state index is 0.173. The highest BCUT2D eigenvalue weighted by Crippen LogP contribution is 2.15. The van der Waals surface area contributed by atoms with Gasteiger partial charge < -0.3 is 10.5 Å². The second-order valence-electron chi connectivity index (χ2n) is 3.21. The number of ether oxygens (including phenoxy) is 1. The summed E-state index contributed by atoms with van der Waals surface area (Å²) in [7, 11) is 0. The van der Waals surface area contributed by atoms with E-state index >= 15 is 0 Å². The monoisotopic (exact) mass is 227 g/mol. The van der Waals surface area contributed by atoms with Crippen molar-refractivity contribution in [3.8, 4) is 0 Å². The lowest BCUT2D eigenvalue weighted by Gasteiger charge is -2.09. The van der Waals surface area contributed by atoms with E-state index in [2.05, 4.69) is 0 Å². The fourth-order valence-electron chi connectivity index (χ4n) is 1.04. The number of benzene rings is 1. The Hall–Kier alpha value is -1.06. The third-order valence-electron chi connectivity index (χ3n) is 2.07. The Bertz CT molecular complexity index is 341. The van der Waals surface area contributed by atoms with E-state index in [0.29, 0.717) is 11.4 Å². The van der Waals surface area contributed by atoms with Crippen molar-refractivity contribution in [2.45, 2.75) is 26.0 Å². The van der Waals surface area contributed by atoms with Crippen LogP contribution in [0.1, 0.15) is 18.9 Å². The standard InChI is InChI=1S/C11H14ClNO2/c1-2-10(13)11(14)15-7-8-5-3-4-6-9(8)12/h3-6,10H,2,7,13H2,1H3. The molecule has 0 heterocycles. The number of hydrogen-bond acceptors (Lipinski definition) is 3. The minimum Gasteiger partial charge on any atom is -0.460 e. The highest BCUT2D eigenvalue weighted by atomic mass is 35.5. The third kappa shape index (κ3) is 3.53. The van der Waals surface area contributed by atoms with E-state index in [1.54, 1.807) is 6.07 Å². The lowest BCUT2D eigenvalue weighted by Crippen LogP contribution is -2.31. The number of carbonyl (C=O) groups excluding carboxylic acids is 1. The smallest absolute Gasteiger partial charge is 0.323 e. The van der Waals surface area contributed by atoms with E-state index in [1.165, 1.54) is 0 Å². The Morgan fingerprint density at radius 2 is 2.20 bits per heavy atom. The first kappa shape index (κ1) is 12.0. The molecule has 1 atom stereocenters. The van der Waals surface area contributed by atoms with E-state index < -0.39 is 12.0 Å². The average molecular weight is 228 g/mol. The van der Waals surface area contributed by atoms with Gasteiger partial charge in [-0.2, -0.15) is 0 Å². The van der Waals surface area contributed by atoms with Gasteiger partial charge in [-0.25, -0.2) is 0 Å². The topological polar surface area (TPSA) is 52.3 Å². The molecule has 15 heavy (non-hydrogen) atoms. The van der Waals surface area contributed by atoms with Crippen LogP contribution in [0.25, 0.3) is 0 Å². The highest BCUT2D eigenvalue weighted by Gasteiger charge is 2.12. The van der Waals surface area contributed by atoms with Crippen molar-refractivity contribution in [3.63, 3.8) is 0 Å². The van der Waals surface area contributed by atoms with Crippen LogP contribution < -0.4 is 5.73 Å². The van der Waals surface area contributed by atoms with Crippen molar-refractivity contribution in [2.24, 2.45) is 5.73 Å². The molecule has 0 bridgehead atoms. The lowest BCUT2D eigenvalue weighted by molar-refractivity contribution is -0.146. The molecule has 0 radical (unpaired) electrons. The van der Waals surface area contributed by atoms with Crippen LogP contribution in [0.15, 0.2) is 24.3 Å². The largest absolute Gasteiger partial charge is 0.460 e. The molecule has 2 N–H and O–H groups in total. The minimum atomic E-state index is -0.549. The average Bonchev–Trinajstić information content (AvgIpc) is 2.26. The van der Waals surface area contributed by atoms with E-state index in [0.717, 1.165) is 5.56 Å². The molecule has 0 amide bonds. The van der Waals surface area contributed by atoms with Crippen molar-refractivity contribution in [3.05, 3.63) is 34.9 Å². The Kier molecular flexibility index (Phi) is 4.59. The van der Waals surface area contributed by atoms with E-state index in [-0.39, 0.29) is 6.61 Å². The summed E-state index contributed by atoms with van der Waals surface area (Å²) in [6, 6.07) is 6.69. The van der Waals surface area contributed by atoms with Gasteiger partial charge in [0.1, 0.15) is 12.6 Å². The quantitative estimate of drug-likeness (QED) is 0.802. The van der Waals surface area contributed by atoms with Crippen LogP contribution in [0.3, 0.4) is 0 Å². The molecule has 1 unspecified atom stereocenters. The van der Waals surface area contributed by atoms with Crippen LogP contribution in [-0.4, -0.2) is 12.0 Å². The molecular weight excluding hydrogens is 214 g/mol. The van der Waals surface area contributed by atoms with Gasteiger partial charge in [-0.1, -0.05) is 36.7 Å². The summed E-state index contributed by atoms with van der Waals surface area (Å²) < 4.78 is 5.01. The molecule has 0 saturated heterocycles. The molecule has 0 saturated carbocycles. The second kappa shape index (κ2) is 5.73. The van der Waals surface area contributed by atoms with Gasteiger partial charge in [0.15, 0.2) is 0 Å². The zero-order chi connectivity index (χ0) is 11.3. The summed E-state index contributed by atoms with van der Waals surface area (Å²) in [5.74, 6) is -0.391. The highest BCUT2D eigenvalue weighted by molar-refractivity contribution is 6.31. The van der Waals surface area contributed by atoms with Crippen molar-refractivity contribution >= 4 is 17.6 Å². The Labute approximate surface area is 94.2 Å². The number of carbonyl (C=O) groups is 1. The molecule has 0 aliphatic carbocycles. The summed E-state index contributed by atoms with van der Waals surface area (Å²) in [5, 5.41) is 0.593. The van der Waals surface area contributed by atoms with E-state index in [9.17, 15) is 4.79 Å². The first-order valence-electron chi connectivity index (χ1n) is 4.80. The Morgan fingerprint density at radius 1 is 1.53 bits per heavy atom. The van der Waals surface area contributed by atoms with Crippen LogP contribution in [0, 0.1) is 0 Å². The normalized spacial score (nSPS) is 12.2. The first-order valence-corrected chi connectivity index (χ1v) is 5.18. The predicted octanol–water partition coefficient (Wildman–Crippen LogP) is 2.12. The molecule has 82 valence electrons. The SMILES string of the molecule is CCC(N)C(=O)OCc1ccccc1Cl. The molecule has 0 aliphatic heterocycles. The summed E-state index contributed by atoms with van der Waals surface area (Å²) in [6.07, 6.45) is 0.571. The summed E-state index contributed by atoms with van der Waals surface area (Å²) in [6.45, 7) is 2.01. The predicted molar refractivity (Wildman–Crippen MR) is 59.5 cm³/mol. The van der Waals surface area contributed by atoms with E-state index in [4.69, 9.17) is 22.1 Å². The van der Waals surface area contributed by atoms with Gasteiger partial charge in [0.05, 0.1) is 0 Å². The maximum Gasteiger partial charge on any atom is 0.323 e. The molecule has 1 aromatic rings. The van der Waals surface area contributed by atoms with Crippen LogP contribution in [0.2, 0.25) is 5.02 Å². The lowest BCUT2D eigenvalue weighted by atomic mass is 10.2. The number of rotatable bonds is 4. The third-order valence-corrected chi connectivity index (χ3v) is 2.44. The van der Waals surface area contributed by atoms with Gasteiger partial charge in [-0.15, -0.1) is 0 Å². The maximum atomic E-state index is 11.3. The van der Waals surface area contributed by atoms with Gasteiger partial charge in [0.2, 0.25) is 0 Å². The first-order chi connectivity index (χ1) is 7.15. The molecular formula is C11H14ClNO2. The Balaban J connectivity index is 2.51. The summed E-state index contributed by atoms with van der Waals surface area (Å²) in [5.41, 5.74) is 6.30. The fraction of sp³-hybridized carbons (Fsp3) is 0.364. The van der Waals surface area contributed by atoms with Crippen molar-refractivity contribution in [1.29, 1.82) is 0 Å². The van der Waals surface area contributed by atoms with Crippen molar-refractivity contribution < 1.29 is 9.53 Å². The number of halogens is 1. The molecule has 0 fully saturated rings. The zero-order valence-corrected chi connectivity index (χ0v) is 9.33. The number of hydrogen-bond donors (Lipinski definition) is 1. The molecule has 0 aliphatic rings. The van der Waals surface area contributed by atoms with Gasteiger partial charge >= 0.3 is 5.97 Å². The molecule has 3 nitrogen and oxygen atoms in total. The van der Waals surface area contributed by atoms with Gasteiger partial charge in [-0.05, 0) is 12.5 Å². The number of nitrogens with two attached hydrogens (primary N) is 1. The van der Waals surface area contributed by atoms with Gasteiger partial charge in [0, 0.05) is 10.6 Å². The van der Waals surface area contributed by atoms with Crippen molar-refractivity contribution in [2.75, 3.05) is 0 Å². The maximum absolute atomic E-state index is 11.3. The van der Waals surface area contributed by atoms with Gasteiger partial charge in [-0.3, -0.25) is 4.79 Å². The number of esters is 1. The second-order valence-corrected chi connectivity index (χ2v) is 3.62. The molecule has 0 spiro atoms. The van der Waals surface area contributed by atoms with Crippen LogP contribution in [-0.2, 0) is 16.1 Å². The van der Waals surface area contributed by atoms with Crippen LogP contribution in [0.4, 0.5) is 0 Å². The van der Waals surface area contributed by atoms with Crippen LogP contribution >= 0.6 is 11.6 Å². The summed E-state index contributed by atoms with van der Waals surface area (Å²) in [4.78, 5) is 11.3.